The van der Waals surface area contributed by atoms with Crippen LogP contribution in [0.25, 0.3) is 21.9 Å². The second-order valence-corrected chi connectivity index (χ2v) is 6.95. The number of pyridine rings is 2. The molecule has 0 saturated carbocycles. The number of carbonyl (C=O) groups excluding carboxylic acids is 1. The minimum absolute atomic E-state index is 0.182. The third-order valence-corrected chi connectivity index (χ3v) is 4.94. The fourth-order valence-electron chi connectivity index (χ4n) is 3.42. The quantitative estimate of drug-likeness (QED) is 0.658. The maximum atomic E-state index is 12.4. The third-order valence-electron chi connectivity index (χ3n) is 4.94. The Kier molecular flexibility index (Phi) is 5.60. The lowest BCUT2D eigenvalue weighted by molar-refractivity contribution is -0.120. The number of Topliss-reactive ketones (excluding diaryl/α,β-unsaturated/α-hetero) is 1. The van der Waals surface area contributed by atoms with Gasteiger partial charge in [-0.1, -0.05) is 12.1 Å². The standard InChI is InChI=1S/C22H23N3O3/c1-27-22-10-19(12-23-14-22)16-2-3-17-13-24-20(9-18(17)8-16)11-21(26)15-25-4-6-28-7-5-25/h2-3,8-10,12-14H,4-7,11,15H2,1H3. The van der Waals surface area contributed by atoms with Gasteiger partial charge in [-0.3, -0.25) is 19.7 Å². The van der Waals surface area contributed by atoms with Crippen LogP contribution in [0.3, 0.4) is 0 Å². The van der Waals surface area contributed by atoms with Crippen molar-refractivity contribution in [3.63, 3.8) is 0 Å². The van der Waals surface area contributed by atoms with E-state index in [1.807, 2.05) is 36.7 Å². The number of nitrogens with zero attached hydrogens (tertiary/aromatic N) is 3. The molecule has 3 aromatic rings. The van der Waals surface area contributed by atoms with Gasteiger partial charge in [0.25, 0.3) is 0 Å². The minimum atomic E-state index is 0.182. The van der Waals surface area contributed by atoms with E-state index in [0.29, 0.717) is 26.2 Å². The van der Waals surface area contributed by atoms with Crippen LogP contribution in [0.4, 0.5) is 0 Å². The van der Waals surface area contributed by atoms with Crippen molar-refractivity contribution in [3.05, 3.63) is 54.6 Å². The highest BCUT2D eigenvalue weighted by Gasteiger charge is 2.15. The predicted octanol–water partition coefficient (Wildman–Crippen LogP) is 2.75. The first-order valence-corrected chi connectivity index (χ1v) is 9.41. The lowest BCUT2D eigenvalue weighted by Gasteiger charge is -2.25. The van der Waals surface area contributed by atoms with Crippen LogP contribution in [-0.2, 0) is 16.0 Å². The smallest absolute Gasteiger partial charge is 0.152 e. The fourth-order valence-corrected chi connectivity index (χ4v) is 3.42. The molecule has 0 unspecified atom stereocenters. The van der Waals surface area contributed by atoms with Crippen LogP contribution in [0.2, 0.25) is 0 Å². The van der Waals surface area contributed by atoms with E-state index in [9.17, 15) is 4.79 Å². The van der Waals surface area contributed by atoms with E-state index in [1.54, 1.807) is 13.3 Å². The molecule has 0 atom stereocenters. The molecule has 0 spiro atoms. The van der Waals surface area contributed by atoms with Crippen LogP contribution in [0, 0.1) is 0 Å². The van der Waals surface area contributed by atoms with Crippen LogP contribution in [0.5, 0.6) is 5.75 Å². The van der Waals surface area contributed by atoms with Crippen LogP contribution in [0.1, 0.15) is 5.69 Å². The number of methoxy groups -OCH3 is 1. The van der Waals surface area contributed by atoms with E-state index in [2.05, 4.69) is 20.9 Å². The summed E-state index contributed by atoms with van der Waals surface area (Å²) in [5.74, 6) is 0.906. The van der Waals surface area contributed by atoms with Crippen LogP contribution < -0.4 is 4.74 Å². The van der Waals surface area contributed by atoms with E-state index >= 15 is 0 Å². The molecule has 1 saturated heterocycles. The van der Waals surface area contributed by atoms with Gasteiger partial charge >= 0.3 is 0 Å². The number of fused-ring (bicyclic) bond motifs is 1. The molecule has 1 fully saturated rings. The lowest BCUT2D eigenvalue weighted by atomic mass is 10.0. The van der Waals surface area contributed by atoms with E-state index in [0.717, 1.165) is 46.4 Å². The van der Waals surface area contributed by atoms with Crippen molar-refractivity contribution in [2.45, 2.75) is 6.42 Å². The SMILES string of the molecule is COc1cncc(-c2ccc3cnc(CC(=O)CN4CCOCC4)cc3c2)c1. The summed E-state index contributed by atoms with van der Waals surface area (Å²) in [4.78, 5) is 23.3. The molecule has 0 radical (unpaired) electrons. The number of ketones is 1. The molecule has 0 aliphatic carbocycles. The average Bonchev–Trinajstić information content (AvgIpc) is 2.74. The molecular weight excluding hydrogens is 354 g/mol. The van der Waals surface area contributed by atoms with Gasteiger partial charge in [0.15, 0.2) is 5.78 Å². The molecule has 0 N–H and O–H groups in total. The van der Waals surface area contributed by atoms with E-state index in [1.165, 1.54) is 0 Å². The van der Waals surface area contributed by atoms with Crippen LogP contribution in [-0.4, -0.2) is 60.6 Å². The average molecular weight is 377 g/mol. The van der Waals surface area contributed by atoms with Crippen molar-refractivity contribution in [1.29, 1.82) is 0 Å². The van der Waals surface area contributed by atoms with Gasteiger partial charge in [0.1, 0.15) is 5.75 Å². The molecule has 3 heterocycles. The molecule has 1 aliphatic rings. The number of aromatic nitrogens is 2. The predicted molar refractivity (Wildman–Crippen MR) is 107 cm³/mol. The van der Waals surface area contributed by atoms with Gasteiger partial charge in [0.05, 0.1) is 39.5 Å². The van der Waals surface area contributed by atoms with Gasteiger partial charge in [-0.2, -0.15) is 0 Å². The summed E-state index contributed by atoms with van der Waals surface area (Å²) in [6.45, 7) is 3.48. The molecule has 4 rings (SSSR count). The zero-order valence-corrected chi connectivity index (χ0v) is 15.9. The summed E-state index contributed by atoms with van der Waals surface area (Å²) < 4.78 is 10.6. The Morgan fingerprint density at radius 1 is 1.07 bits per heavy atom. The summed E-state index contributed by atoms with van der Waals surface area (Å²) in [5, 5.41) is 2.11. The highest BCUT2D eigenvalue weighted by Crippen LogP contribution is 2.26. The second kappa shape index (κ2) is 8.46. The normalized spacial score (nSPS) is 14.9. The number of hydrogen-bond acceptors (Lipinski definition) is 6. The molecule has 6 nitrogen and oxygen atoms in total. The molecule has 2 aromatic heterocycles. The topological polar surface area (TPSA) is 64.6 Å². The number of ether oxygens (including phenoxy) is 2. The Bertz CT molecular complexity index is 984. The van der Waals surface area contributed by atoms with E-state index in [-0.39, 0.29) is 5.78 Å². The van der Waals surface area contributed by atoms with Gasteiger partial charge in [0, 0.05) is 42.1 Å². The fraction of sp³-hybridized carbons (Fsp3) is 0.318. The van der Waals surface area contributed by atoms with Gasteiger partial charge in [0.2, 0.25) is 0 Å². The maximum absolute atomic E-state index is 12.4. The first kappa shape index (κ1) is 18.5. The summed E-state index contributed by atoms with van der Waals surface area (Å²) in [5.41, 5.74) is 2.84. The lowest BCUT2D eigenvalue weighted by Crippen LogP contribution is -2.39. The summed E-state index contributed by atoms with van der Waals surface area (Å²) in [6, 6.07) is 10.1. The van der Waals surface area contributed by atoms with Crippen LogP contribution in [0.15, 0.2) is 48.9 Å². The number of morpholine rings is 1. The Hall–Kier alpha value is -2.83. The molecular formula is C22H23N3O3. The van der Waals surface area contributed by atoms with Crippen molar-refractivity contribution in [1.82, 2.24) is 14.9 Å². The maximum Gasteiger partial charge on any atom is 0.152 e. The first-order chi connectivity index (χ1) is 13.7. The summed E-state index contributed by atoms with van der Waals surface area (Å²) >= 11 is 0. The van der Waals surface area contributed by atoms with Crippen molar-refractivity contribution < 1.29 is 14.3 Å². The van der Waals surface area contributed by atoms with Crippen molar-refractivity contribution in [3.8, 4) is 16.9 Å². The van der Waals surface area contributed by atoms with E-state index in [4.69, 9.17) is 9.47 Å². The monoisotopic (exact) mass is 377 g/mol. The zero-order valence-electron chi connectivity index (χ0n) is 15.9. The summed E-state index contributed by atoms with van der Waals surface area (Å²) in [6.07, 6.45) is 5.68. The van der Waals surface area contributed by atoms with Gasteiger partial charge < -0.3 is 9.47 Å². The van der Waals surface area contributed by atoms with Gasteiger partial charge in [-0.25, -0.2) is 0 Å². The van der Waals surface area contributed by atoms with Crippen LogP contribution >= 0.6 is 0 Å². The Morgan fingerprint density at radius 3 is 2.75 bits per heavy atom. The second-order valence-electron chi connectivity index (χ2n) is 6.95. The number of carbonyl (C=O) groups is 1. The van der Waals surface area contributed by atoms with Crippen molar-refractivity contribution in [2.75, 3.05) is 40.0 Å². The molecule has 28 heavy (non-hydrogen) atoms. The molecule has 1 aromatic carbocycles. The molecule has 0 bridgehead atoms. The number of rotatable bonds is 6. The van der Waals surface area contributed by atoms with Gasteiger partial charge in [-0.15, -0.1) is 0 Å². The largest absolute Gasteiger partial charge is 0.495 e. The number of benzene rings is 1. The summed E-state index contributed by atoms with van der Waals surface area (Å²) in [7, 11) is 1.63. The molecule has 6 heteroatoms. The number of hydrogen-bond donors (Lipinski definition) is 0. The van der Waals surface area contributed by atoms with Crippen molar-refractivity contribution >= 4 is 16.6 Å². The van der Waals surface area contributed by atoms with Crippen molar-refractivity contribution in [2.24, 2.45) is 0 Å². The highest BCUT2D eigenvalue weighted by molar-refractivity contribution is 5.88. The third kappa shape index (κ3) is 4.35. The molecule has 144 valence electrons. The van der Waals surface area contributed by atoms with Gasteiger partial charge in [-0.05, 0) is 29.1 Å². The Labute approximate surface area is 164 Å². The molecule has 0 amide bonds. The minimum Gasteiger partial charge on any atom is -0.495 e. The zero-order chi connectivity index (χ0) is 19.3. The Morgan fingerprint density at radius 2 is 1.93 bits per heavy atom. The molecule has 1 aliphatic heterocycles. The first-order valence-electron chi connectivity index (χ1n) is 9.41. The Balaban J connectivity index is 1.53. The van der Waals surface area contributed by atoms with E-state index < -0.39 is 0 Å². The highest BCUT2D eigenvalue weighted by atomic mass is 16.5.